The molecule has 0 aromatic heterocycles. The third-order valence-electron chi connectivity index (χ3n) is 0.840. The summed E-state index contributed by atoms with van der Waals surface area (Å²) < 4.78 is 0. The largest absolute Gasteiger partial charge is 0.477 e. The van der Waals surface area contributed by atoms with E-state index < -0.39 is 5.97 Å². The molecule has 0 saturated heterocycles. The van der Waals surface area contributed by atoms with Crippen LogP contribution in [0.5, 0.6) is 0 Å². The number of carboxylic acid groups (broad SMARTS) is 1. The molecule has 0 aromatic carbocycles. The van der Waals surface area contributed by atoms with Crippen molar-refractivity contribution in [3.8, 4) is 6.07 Å². The Balaban J connectivity index is 4.22. The van der Waals surface area contributed by atoms with Gasteiger partial charge in [-0.2, -0.15) is 5.26 Å². The normalized spacial score (nSPS) is 10.1. The maximum Gasteiger partial charge on any atom is 0.346 e. The van der Waals surface area contributed by atoms with Crippen LogP contribution in [0.25, 0.3) is 0 Å². The summed E-state index contributed by atoms with van der Waals surface area (Å²) in [6.45, 7) is 3.38. The fourth-order valence-corrected chi connectivity index (χ4v) is 0.382. The predicted molar refractivity (Wildman–Crippen MR) is 36.1 cm³/mol. The summed E-state index contributed by atoms with van der Waals surface area (Å²) in [6.07, 6.45) is 3.25. The standard InChI is InChI=1S/C7H7NO2/c1-2-3-4-6(5-8)7(9)10/h2,4H,1,3H2,(H,9,10)/b6-4-. The number of allylic oxidation sites excluding steroid dienone is 2. The Hall–Kier alpha value is -1.56. The summed E-state index contributed by atoms with van der Waals surface area (Å²) in [6, 6.07) is 1.55. The lowest BCUT2D eigenvalue weighted by Crippen LogP contribution is -1.96. The molecule has 0 spiro atoms. The first kappa shape index (κ1) is 8.44. The average molecular weight is 137 g/mol. The number of nitriles is 1. The molecule has 0 bridgehead atoms. The molecule has 0 aromatic rings. The summed E-state index contributed by atoms with van der Waals surface area (Å²) in [4.78, 5) is 10.1. The number of hydrogen-bond acceptors (Lipinski definition) is 2. The SMILES string of the molecule is C=CC/C=C(/C#N)C(=O)O. The summed E-state index contributed by atoms with van der Waals surface area (Å²) in [5.74, 6) is -1.19. The van der Waals surface area contributed by atoms with Crippen molar-refractivity contribution < 1.29 is 9.90 Å². The minimum absolute atomic E-state index is 0.236. The smallest absolute Gasteiger partial charge is 0.346 e. The van der Waals surface area contributed by atoms with Crippen molar-refractivity contribution in [2.24, 2.45) is 0 Å². The second-order valence-corrected chi connectivity index (χ2v) is 1.56. The monoisotopic (exact) mass is 137 g/mol. The zero-order chi connectivity index (χ0) is 7.98. The van der Waals surface area contributed by atoms with Gasteiger partial charge in [-0.05, 0) is 6.42 Å². The Labute approximate surface area is 58.9 Å². The summed E-state index contributed by atoms with van der Waals surface area (Å²) >= 11 is 0. The van der Waals surface area contributed by atoms with Gasteiger partial charge in [0.25, 0.3) is 0 Å². The minimum atomic E-state index is -1.19. The second-order valence-electron chi connectivity index (χ2n) is 1.56. The molecular formula is C7H7NO2. The molecule has 3 heteroatoms. The molecule has 0 unspecified atom stereocenters. The third kappa shape index (κ3) is 2.68. The molecule has 10 heavy (non-hydrogen) atoms. The van der Waals surface area contributed by atoms with Gasteiger partial charge in [0, 0.05) is 0 Å². The molecule has 0 rings (SSSR count). The van der Waals surface area contributed by atoms with Crippen molar-refractivity contribution in [3.63, 3.8) is 0 Å². The van der Waals surface area contributed by atoms with E-state index in [9.17, 15) is 4.79 Å². The maximum atomic E-state index is 10.1. The molecule has 0 aliphatic heterocycles. The van der Waals surface area contributed by atoms with Crippen LogP contribution in [0.3, 0.4) is 0 Å². The van der Waals surface area contributed by atoms with E-state index >= 15 is 0 Å². The van der Waals surface area contributed by atoms with Gasteiger partial charge in [-0.15, -0.1) is 6.58 Å². The zero-order valence-electron chi connectivity index (χ0n) is 5.37. The quantitative estimate of drug-likeness (QED) is 0.360. The van der Waals surface area contributed by atoms with E-state index in [1.165, 1.54) is 12.2 Å². The average Bonchev–Trinajstić information content (AvgIpc) is 1.89. The van der Waals surface area contributed by atoms with Crippen LogP contribution in [0.1, 0.15) is 6.42 Å². The molecule has 0 atom stereocenters. The Bertz CT molecular complexity index is 210. The fraction of sp³-hybridized carbons (Fsp3) is 0.143. The van der Waals surface area contributed by atoms with E-state index in [1.807, 2.05) is 0 Å². The van der Waals surface area contributed by atoms with E-state index in [1.54, 1.807) is 6.07 Å². The highest BCUT2D eigenvalue weighted by Crippen LogP contribution is 1.94. The van der Waals surface area contributed by atoms with Crippen LogP contribution in [0.4, 0.5) is 0 Å². The molecule has 0 saturated carbocycles. The highest BCUT2D eigenvalue weighted by atomic mass is 16.4. The lowest BCUT2D eigenvalue weighted by molar-refractivity contribution is -0.132. The lowest BCUT2D eigenvalue weighted by Gasteiger charge is -1.85. The van der Waals surface area contributed by atoms with Gasteiger partial charge in [0.05, 0.1) is 0 Å². The predicted octanol–water partition coefficient (Wildman–Crippen LogP) is 1.10. The van der Waals surface area contributed by atoms with Gasteiger partial charge in [0.1, 0.15) is 11.6 Å². The van der Waals surface area contributed by atoms with Crippen LogP contribution in [-0.2, 0) is 4.79 Å². The number of hydrogen-bond donors (Lipinski definition) is 1. The molecule has 0 amide bonds. The number of carboxylic acids is 1. The van der Waals surface area contributed by atoms with Gasteiger partial charge in [-0.1, -0.05) is 12.2 Å². The van der Waals surface area contributed by atoms with Gasteiger partial charge < -0.3 is 5.11 Å². The van der Waals surface area contributed by atoms with Gasteiger partial charge in [-0.25, -0.2) is 4.79 Å². The van der Waals surface area contributed by atoms with Crippen LogP contribution < -0.4 is 0 Å². The molecule has 0 fully saturated rings. The van der Waals surface area contributed by atoms with Crippen molar-refractivity contribution in [1.82, 2.24) is 0 Å². The highest BCUT2D eigenvalue weighted by molar-refractivity contribution is 5.90. The first-order valence-corrected chi connectivity index (χ1v) is 2.66. The van der Waals surface area contributed by atoms with Crippen LogP contribution >= 0.6 is 0 Å². The van der Waals surface area contributed by atoms with Crippen LogP contribution in [-0.4, -0.2) is 11.1 Å². The number of nitrogens with zero attached hydrogens (tertiary/aromatic N) is 1. The molecule has 0 heterocycles. The van der Waals surface area contributed by atoms with Crippen LogP contribution in [0.2, 0.25) is 0 Å². The maximum absolute atomic E-state index is 10.1. The number of carbonyl (C=O) groups is 1. The molecule has 0 aliphatic carbocycles. The molecule has 3 nitrogen and oxygen atoms in total. The lowest BCUT2D eigenvalue weighted by atomic mass is 10.2. The topological polar surface area (TPSA) is 61.1 Å². The van der Waals surface area contributed by atoms with Gasteiger partial charge in [-0.3, -0.25) is 0 Å². The van der Waals surface area contributed by atoms with E-state index in [2.05, 4.69) is 6.58 Å². The van der Waals surface area contributed by atoms with Gasteiger partial charge in [0.2, 0.25) is 0 Å². The summed E-state index contributed by atoms with van der Waals surface area (Å²) in [7, 11) is 0. The van der Waals surface area contributed by atoms with Crippen molar-refractivity contribution in [2.45, 2.75) is 6.42 Å². The van der Waals surface area contributed by atoms with Crippen LogP contribution in [0, 0.1) is 11.3 Å². The third-order valence-corrected chi connectivity index (χ3v) is 0.840. The van der Waals surface area contributed by atoms with Crippen LogP contribution in [0.15, 0.2) is 24.3 Å². The Morgan fingerprint density at radius 3 is 2.70 bits per heavy atom. The Morgan fingerprint density at radius 1 is 1.80 bits per heavy atom. The van der Waals surface area contributed by atoms with E-state index in [0.717, 1.165) is 0 Å². The first-order valence-electron chi connectivity index (χ1n) is 2.66. The van der Waals surface area contributed by atoms with Gasteiger partial charge in [0.15, 0.2) is 0 Å². The van der Waals surface area contributed by atoms with E-state index in [-0.39, 0.29) is 5.57 Å². The molecule has 0 aliphatic rings. The van der Waals surface area contributed by atoms with Crippen molar-refractivity contribution in [2.75, 3.05) is 0 Å². The van der Waals surface area contributed by atoms with E-state index in [4.69, 9.17) is 10.4 Å². The van der Waals surface area contributed by atoms with Crippen molar-refractivity contribution in [1.29, 1.82) is 5.26 Å². The Morgan fingerprint density at radius 2 is 2.40 bits per heavy atom. The highest BCUT2D eigenvalue weighted by Gasteiger charge is 2.02. The first-order chi connectivity index (χ1) is 4.72. The number of aliphatic carboxylic acids is 1. The fourth-order valence-electron chi connectivity index (χ4n) is 0.382. The molecule has 0 radical (unpaired) electrons. The molecular weight excluding hydrogens is 130 g/mol. The van der Waals surface area contributed by atoms with E-state index in [0.29, 0.717) is 6.42 Å². The second kappa shape index (κ2) is 4.33. The Kier molecular flexibility index (Phi) is 3.66. The molecule has 52 valence electrons. The molecule has 1 N–H and O–H groups in total. The van der Waals surface area contributed by atoms with Gasteiger partial charge >= 0.3 is 5.97 Å². The van der Waals surface area contributed by atoms with Crippen molar-refractivity contribution in [3.05, 3.63) is 24.3 Å². The zero-order valence-corrected chi connectivity index (χ0v) is 5.37. The summed E-state index contributed by atoms with van der Waals surface area (Å²) in [5.41, 5.74) is -0.236. The number of rotatable bonds is 3. The summed E-state index contributed by atoms with van der Waals surface area (Å²) in [5, 5.41) is 16.5. The van der Waals surface area contributed by atoms with Crippen molar-refractivity contribution >= 4 is 5.97 Å². The minimum Gasteiger partial charge on any atom is -0.477 e.